The molecule has 2 amide bonds. The van der Waals surface area contributed by atoms with Gasteiger partial charge >= 0.3 is 0 Å². The first-order chi connectivity index (χ1) is 16.9. The van der Waals surface area contributed by atoms with E-state index in [0.717, 1.165) is 0 Å². The van der Waals surface area contributed by atoms with Gasteiger partial charge in [0.25, 0.3) is 11.5 Å². The second kappa shape index (κ2) is 10.9. The van der Waals surface area contributed by atoms with Gasteiger partial charge in [0.1, 0.15) is 10.9 Å². The first-order valence-electron chi connectivity index (χ1n) is 10.6. The molecule has 1 fully saturated rings. The Hall–Kier alpha value is -3.39. The van der Waals surface area contributed by atoms with Crippen LogP contribution >= 0.6 is 11.3 Å². The molecule has 3 aromatic rings. The number of halogens is 1. The van der Waals surface area contributed by atoms with Crippen molar-refractivity contribution in [2.45, 2.75) is 25.4 Å². The van der Waals surface area contributed by atoms with Gasteiger partial charge in [-0.15, -0.1) is 11.3 Å². The first kappa shape index (κ1) is 24.7. The van der Waals surface area contributed by atoms with Crippen LogP contribution in [0.4, 0.5) is 4.39 Å². The van der Waals surface area contributed by atoms with E-state index in [9.17, 15) is 18.8 Å². The van der Waals surface area contributed by atoms with Gasteiger partial charge in [0.15, 0.2) is 17.7 Å². The van der Waals surface area contributed by atoms with Crippen LogP contribution in [0.25, 0.3) is 10.2 Å². The highest BCUT2D eigenvalue weighted by Gasteiger charge is 2.26. The van der Waals surface area contributed by atoms with Crippen molar-refractivity contribution in [2.75, 3.05) is 26.9 Å². The Bertz CT molecular complexity index is 1290. The summed E-state index contributed by atoms with van der Waals surface area (Å²) >= 11 is 1.21. The lowest BCUT2D eigenvalue weighted by Crippen LogP contribution is -2.44. The average molecular weight is 507 g/mol. The summed E-state index contributed by atoms with van der Waals surface area (Å²) in [6.45, 7) is 0.649. The minimum atomic E-state index is -0.762. The van der Waals surface area contributed by atoms with E-state index in [-0.39, 0.29) is 50.7 Å². The zero-order chi connectivity index (χ0) is 24.9. The Kier molecular flexibility index (Phi) is 7.70. The molecule has 0 bridgehead atoms. The number of thiophene rings is 1. The smallest absolute Gasteiger partial charge is 0.287 e. The molecule has 35 heavy (non-hydrogen) atoms. The fourth-order valence-electron chi connectivity index (χ4n) is 3.40. The topological polar surface area (TPSA) is 155 Å². The van der Waals surface area contributed by atoms with Crippen LogP contribution < -0.4 is 21.3 Å². The Labute approximate surface area is 202 Å². The number of fused-ring (bicyclic) bond motifs is 1. The van der Waals surface area contributed by atoms with E-state index >= 15 is 0 Å². The molecule has 0 spiro atoms. The zero-order valence-corrected chi connectivity index (χ0v) is 19.5. The molecule has 3 heterocycles. The lowest BCUT2D eigenvalue weighted by molar-refractivity contribution is -0.166. The van der Waals surface area contributed by atoms with E-state index in [2.05, 4.69) is 15.3 Å². The van der Waals surface area contributed by atoms with Crippen molar-refractivity contribution in [3.63, 3.8) is 0 Å². The molecule has 1 aliphatic heterocycles. The summed E-state index contributed by atoms with van der Waals surface area (Å²) in [4.78, 5) is 43.5. The van der Waals surface area contributed by atoms with Crippen LogP contribution in [0.2, 0.25) is 0 Å². The van der Waals surface area contributed by atoms with Crippen LogP contribution in [-0.4, -0.2) is 60.9 Å². The largest absolute Gasteiger partial charge is 0.494 e. The molecule has 186 valence electrons. The lowest BCUT2D eigenvalue weighted by Gasteiger charge is -2.27. The maximum atomic E-state index is 13.5. The molecule has 4 rings (SSSR count). The Morgan fingerprint density at radius 3 is 2.89 bits per heavy atom. The molecular weight excluding hydrogens is 483 g/mol. The van der Waals surface area contributed by atoms with Crippen molar-refractivity contribution in [1.29, 1.82) is 0 Å². The summed E-state index contributed by atoms with van der Waals surface area (Å²) in [5, 5.41) is 4.72. The molecular formula is C22H23FN4O7S. The number of hydrogen-bond donors (Lipinski definition) is 3. The molecule has 0 aliphatic carbocycles. The summed E-state index contributed by atoms with van der Waals surface area (Å²) in [6, 6.07) is 4.23. The second-order valence-electron chi connectivity index (χ2n) is 7.70. The van der Waals surface area contributed by atoms with Crippen molar-refractivity contribution in [2.24, 2.45) is 5.73 Å². The molecule has 11 nitrogen and oxygen atoms in total. The highest BCUT2D eigenvalue weighted by Crippen LogP contribution is 2.22. The van der Waals surface area contributed by atoms with Crippen LogP contribution in [0.1, 0.15) is 21.7 Å². The molecule has 1 saturated heterocycles. The van der Waals surface area contributed by atoms with Crippen molar-refractivity contribution >= 4 is 33.4 Å². The third-order valence-corrected chi connectivity index (χ3v) is 6.17. The number of H-pyrrole nitrogens is 1. The first-order valence-corrected chi connectivity index (χ1v) is 11.4. The number of rotatable bonds is 9. The fraction of sp³-hybridized carbons (Fsp3) is 0.364. The van der Waals surface area contributed by atoms with Gasteiger partial charge in [-0.25, -0.2) is 9.37 Å². The summed E-state index contributed by atoms with van der Waals surface area (Å²) in [5.74, 6) is -1.74. The van der Waals surface area contributed by atoms with Gasteiger partial charge in [0.05, 0.1) is 38.9 Å². The van der Waals surface area contributed by atoms with Crippen LogP contribution in [-0.2, 0) is 32.2 Å². The number of aromatic amines is 1. The number of benzene rings is 1. The minimum Gasteiger partial charge on any atom is -0.494 e. The van der Waals surface area contributed by atoms with Crippen molar-refractivity contribution < 1.29 is 32.9 Å². The van der Waals surface area contributed by atoms with Crippen LogP contribution in [0.3, 0.4) is 0 Å². The van der Waals surface area contributed by atoms with Crippen LogP contribution in [0, 0.1) is 5.82 Å². The predicted octanol–water partition coefficient (Wildman–Crippen LogP) is 0.848. The Morgan fingerprint density at radius 2 is 2.17 bits per heavy atom. The number of carbonyl (C=O) groups excluding carboxylic acids is 2. The quantitative estimate of drug-likeness (QED) is 0.386. The number of aromatic nitrogens is 2. The monoisotopic (exact) mass is 506 g/mol. The van der Waals surface area contributed by atoms with Gasteiger partial charge in [-0.2, -0.15) is 0 Å². The van der Waals surface area contributed by atoms with Gasteiger partial charge in [-0.05, 0) is 23.1 Å². The van der Waals surface area contributed by atoms with E-state index in [1.54, 1.807) is 5.38 Å². The molecule has 13 heteroatoms. The number of ether oxygens (including phenoxy) is 4. The highest BCUT2D eigenvalue weighted by molar-refractivity contribution is 7.16. The third kappa shape index (κ3) is 5.82. The standard InChI is InChI=1S/C22H23FN4O7S/c1-31-15-4-11(2-3-14(15)23)5-25-21(30)19-26-20(29)17-12(10-35-22(17)27-19)6-32-7-13-8-34-16(9-33-13)18(24)28/h2-4,10,13,16H,5-9H2,1H3,(H2,24,28)(H,25,30)(H,26,27,29)/t13-,16-/m0/s1. The van der Waals surface area contributed by atoms with Crippen LogP contribution in [0.5, 0.6) is 5.75 Å². The number of primary amides is 1. The van der Waals surface area contributed by atoms with Crippen molar-refractivity contribution in [3.8, 4) is 5.75 Å². The number of nitrogens with one attached hydrogen (secondary N) is 2. The zero-order valence-electron chi connectivity index (χ0n) is 18.7. The number of amides is 2. The summed E-state index contributed by atoms with van der Waals surface area (Å²) < 4.78 is 35.0. The molecule has 0 radical (unpaired) electrons. The number of hydrogen-bond acceptors (Lipinski definition) is 9. The normalized spacial score (nSPS) is 17.9. The third-order valence-electron chi connectivity index (χ3n) is 5.25. The molecule has 0 saturated carbocycles. The lowest BCUT2D eigenvalue weighted by atomic mass is 10.2. The highest BCUT2D eigenvalue weighted by atomic mass is 32.1. The van der Waals surface area contributed by atoms with E-state index in [0.29, 0.717) is 21.3 Å². The van der Waals surface area contributed by atoms with Gasteiger partial charge in [-0.3, -0.25) is 14.4 Å². The SMILES string of the molecule is COc1cc(CNC(=O)c2nc3scc(COC[C@H]4CO[C@H](C(N)=O)CO4)c3c(=O)[nH]2)ccc1F. The van der Waals surface area contributed by atoms with Gasteiger partial charge in [0, 0.05) is 12.1 Å². The number of nitrogens with zero attached hydrogens (tertiary/aromatic N) is 1. The van der Waals surface area contributed by atoms with Crippen LogP contribution in [0.15, 0.2) is 28.4 Å². The summed E-state index contributed by atoms with van der Waals surface area (Å²) in [6.07, 6.45) is -1.12. The van der Waals surface area contributed by atoms with E-state index in [1.165, 1.54) is 36.6 Å². The van der Waals surface area contributed by atoms with E-state index < -0.39 is 29.3 Å². The molecule has 1 aromatic carbocycles. The van der Waals surface area contributed by atoms with Crippen molar-refractivity contribution in [1.82, 2.24) is 15.3 Å². The molecule has 1 aliphatic rings. The maximum Gasteiger partial charge on any atom is 0.287 e. The Balaban J connectivity index is 1.35. The number of nitrogens with two attached hydrogens (primary N) is 1. The Morgan fingerprint density at radius 1 is 1.34 bits per heavy atom. The maximum absolute atomic E-state index is 13.5. The summed E-state index contributed by atoms with van der Waals surface area (Å²) in [5.41, 5.74) is 5.95. The van der Waals surface area contributed by atoms with Crippen molar-refractivity contribution in [3.05, 3.63) is 56.7 Å². The number of carbonyl (C=O) groups is 2. The minimum absolute atomic E-state index is 0.0634. The molecule has 4 N–H and O–H groups in total. The molecule has 0 unspecified atom stereocenters. The summed E-state index contributed by atoms with van der Waals surface area (Å²) in [7, 11) is 1.35. The number of methoxy groups -OCH3 is 1. The second-order valence-corrected chi connectivity index (χ2v) is 8.56. The van der Waals surface area contributed by atoms with E-state index in [4.69, 9.17) is 24.7 Å². The van der Waals surface area contributed by atoms with Gasteiger partial charge in [0.2, 0.25) is 11.7 Å². The predicted molar refractivity (Wildman–Crippen MR) is 123 cm³/mol. The fourth-order valence-corrected chi connectivity index (χ4v) is 4.33. The van der Waals surface area contributed by atoms with Gasteiger partial charge < -0.3 is 35.0 Å². The average Bonchev–Trinajstić information content (AvgIpc) is 3.27. The van der Waals surface area contributed by atoms with E-state index in [1.807, 2.05) is 0 Å². The molecule has 2 aromatic heterocycles. The van der Waals surface area contributed by atoms with Gasteiger partial charge in [-0.1, -0.05) is 6.07 Å². The molecule has 2 atom stereocenters.